The number of hydrogen-bond acceptors (Lipinski definition) is 9. The van der Waals surface area contributed by atoms with E-state index in [1.165, 1.54) is 17.0 Å². The van der Waals surface area contributed by atoms with Crippen LogP contribution in [0.2, 0.25) is 0 Å². The van der Waals surface area contributed by atoms with Gasteiger partial charge in [0.15, 0.2) is 0 Å². The number of unbranched alkanes of at least 4 members (excludes halogenated alkanes) is 2. The minimum atomic E-state index is -4.47. The summed E-state index contributed by atoms with van der Waals surface area (Å²) in [5, 5.41) is 9.12. The second-order valence-electron chi connectivity index (χ2n) is 16.2. The van der Waals surface area contributed by atoms with E-state index in [0.717, 1.165) is 28.2 Å². The molecular formula is C42H49N3O10S2. The van der Waals surface area contributed by atoms with E-state index in [-0.39, 0.29) is 42.6 Å². The van der Waals surface area contributed by atoms with Gasteiger partial charge in [-0.3, -0.25) is 28.4 Å². The zero-order valence-electron chi connectivity index (χ0n) is 32.7. The van der Waals surface area contributed by atoms with Crippen molar-refractivity contribution in [1.82, 2.24) is 4.90 Å². The maximum absolute atomic E-state index is 13.2. The van der Waals surface area contributed by atoms with Crippen LogP contribution in [-0.4, -0.2) is 78.1 Å². The van der Waals surface area contributed by atoms with Crippen LogP contribution in [0.4, 0.5) is 11.4 Å². The molecule has 57 heavy (non-hydrogen) atoms. The number of carboxylic acids is 1. The van der Waals surface area contributed by atoms with E-state index in [1.807, 2.05) is 57.2 Å². The van der Waals surface area contributed by atoms with Crippen LogP contribution < -0.4 is 9.80 Å². The van der Waals surface area contributed by atoms with Gasteiger partial charge in [-0.05, 0) is 85.4 Å². The Morgan fingerprint density at radius 1 is 0.754 bits per heavy atom. The molecule has 0 bridgehead atoms. The summed E-state index contributed by atoms with van der Waals surface area (Å²) in [5.74, 6) is -2.00. The molecule has 0 saturated heterocycles. The number of allylic oxidation sites excluding steroid dienone is 3. The van der Waals surface area contributed by atoms with Gasteiger partial charge >= 0.3 is 5.97 Å². The third-order valence-corrected chi connectivity index (χ3v) is 13.6. The molecule has 3 aromatic carbocycles. The van der Waals surface area contributed by atoms with Gasteiger partial charge in [0.05, 0.1) is 33.9 Å². The fourth-order valence-corrected chi connectivity index (χ4v) is 9.51. The number of imide groups is 1. The summed E-state index contributed by atoms with van der Waals surface area (Å²) in [6, 6.07) is 17.0. The lowest BCUT2D eigenvalue weighted by molar-refractivity contribution is -0.137. The van der Waals surface area contributed by atoms with Gasteiger partial charge in [-0.25, -0.2) is 0 Å². The Bertz CT molecular complexity index is 2390. The highest BCUT2D eigenvalue weighted by Gasteiger charge is 2.52. The smallest absolute Gasteiger partial charge is 0.303 e. The highest BCUT2D eigenvalue weighted by Crippen LogP contribution is 2.53. The molecule has 3 N–H and O–H groups in total. The van der Waals surface area contributed by atoms with Gasteiger partial charge in [0.2, 0.25) is 0 Å². The van der Waals surface area contributed by atoms with Crippen LogP contribution >= 0.6 is 0 Å². The number of benzene rings is 3. The number of hydrogen-bond donors (Lipinski definition) is 3. The van der Waals surface area contributed by atoms with Gasteiger partial charge in [-0.15, -0.1) is 0 Å². The lowest BCUT2D eigenvalue weighted by Crippen LogP contribution is -2.52. The summed E-state index contributed by atoms with van der Waals surface area (Å²) in [5.41, 5.74) is 3.51. The van der Waals surface area contributed by atoms with Crippen molar-refractivity contribution in [3.63, 3.8) is 0 Å². The number of nitrogens with zero attached hydrogens (tertiary/aromatic N) is 3. The molecular weight excluding hydrogens is 771 g/mol. The fourth-order valence-electron chi connectivity index (χ4n) is 8.50. The lowest BCUT2D eigenvalue weighted by Gasteiger charge is -2.43. The van der Waals surface area contributed by atoms with Crippen molar-refractivity contribution in [1.29, 1.82) is 0 Å². The Kier molecular flexibility index (Phi) is 11.1. The largest absolute Gasteiger partial charge is 0.481 e. The first-order valence-corrected chi connectivity index (χ1v) is 22.0. The average Bonchev–Trinajstić information content (AvgIpc) is 3.56. The Morgan fingerprint density at radius 3 is 2.02 bits per heavy atom. The molecule has 1 unspecified atom stereocenters. The Balaban J connectivity index is 1.36. The van der Waals surface area contributed by atoms with Crippen molar-refractivity contribution in [2.24, 2.45) is 0 Å². The van der Waals surface area contributed by atoms with E-state index in [9.17, 15) is 40.3 Å². The number of carbonyl (C=O) groups excluding carboxylic acids is 2. The first-order chi connectivity index (χ1) is 26.6. The van der Waals surface area contributed by atoms with Crippen LogP contribution in [0.15, 0.2) is 89.5 Å². The first kappa shape index (κ1) is 41.8. The third kappa shape index (κ3) is 7.90. The minimum absolute atomic E-state index is 0.0625. The number of carbonyl (C=O) groups is 3. The molecule has 3 heterocycles. The summed E-state index contributed by atoms with van der Waals surface area (Å²) in [7, 11) is -8.70. The predicted octanol–water partition coefficient (Wildman–Crippen LogP) is 6.75. The number of aliphatic carboxylic acids is 1. The van der Waals surface area contributed by atoms with Crippen LogP contribution in [0.5, 0.6) is 0 Å². The molecule has 0 aromatic heterocycles. The topological polar surface area (TPSA) is 190 Å². The van der Waals surface area contributed by atoms with Crippen molar-refractivity contribution in [2.45, 2.75) is 94.5 Å². The van der Waals surface area contributed by atoms with E-state index in [1.54, 1.807) is 30.3 Å². The highest BCUT2D eigenvalue weighted by atomic mass is 32.2. The molecule has 0 aliphatic carbocycles. The van der Waals surface area contributed by atoms with Crippen molar-refractivity contribution in [3.8, 4) is 0 Å². The molecule has 3 aromatic rings. The first-order valence-electron chi connectivity index (χ1n) is 18.9. The quantitative estimate of drug-likeness (QED) is 0.0833. The third-order valence-electron chi connectivity index (χ3n) is 12.0. The Labute approximate surface area is 334 Å². The van der Waals surface area contributed by atoms with Crippen molar-refractivity contribution >= 4 is 49.4 Å². The monoisotopic (exact) mass is 819 g/mol. The van der Waals surface area contributed by atoms with E-state index in [4.69, 9.17) is 5.11 Å². The van der Waals surface area contributed by atoms with Crippen LogP contribution in [0, 0.1) is 0 Å². The summed E-state index contributed by atoms with van der Waals surface area (Å²) in [6.45, 7) is 11.0. The van der Waals surface area contributed by atoms with Gasteiger partial charge in [0, 0.05) is 47.4 Å². The van der Waals surface area contributed by atoms with Gasteiger partial charge in [-0.1, -0.05) is 70.5 Å². The van der Waals surface area contributed by atoms with Gasteiger partial charge in [0.1, 0.15) is 0 Å². The SMILES string of the molecule is CC1(C)/C(=C\C=C\C2(C)N(CCCS(=O)(=O)O)c3ccc(CN4C(=O)c5ccccc5C4=O)cc3C2(C)C)N(CCCCCC(=O)O)c2ccc(S(=O)(=O)O)cc21. The molecule has 1 atom stereocenters. The molecule has 3 aliphatic heterocycles. The number of fused-ring (bicyclic) bond motifs is 3. The van der Waals surface area contributed by atoms with Crippen LogP contribution in [0.25, 0.3) is 0 Å². The molecule has 6 rings (SSSR count). The average molecular weight is 820 g/mol. The van der Waals surface area contributed by atoms with Crippen molar-refractivity contribution in [3.05, 3.63) is 112 Å². The Morgan fingerprint density at radius 2 is 1.40 bits per heavy atom. The maximum Gasteiger partial charge on any atom is 0.303 e. The van der Waals surface area contributed by atoms with Gasteiger partial charge < -0.3 is 14.9 Å². The second-order valence-corrected chi connectivity index (χ2v) is 19.2. The molecule has 0 fully saturated rings. The summed E-state index contributed by atoms with van der Waals surface area (Å²) < 4.78 is 67.3. The molecule has 0 spiro atoms. The van der Waals surface area contributed by atoms with Crippen molar-refractivity contribution in [2.75, 3.05) is 28.6 Å². The highest BCUT2D eigenvalue weighted by molar-refractivity contribution is 7.86. The number of amides is 2. The number of rotatable bonds is 15. The molecule has 0 saturated carbocycles. The van der Waals surface area contributed by atoms with Gasteiger partial charge in [0.25, 0.3) is 32.1 Å². The lowest BCUT2D eigenvalue weighted by atomic mass is 9.70. The van der Waals surface area contributed by atoms with E-state index in [0.29, 0.717) is 42.5 Å². The molecule has 304 valence electrons. The van der Waals surface area contributed by atoms with E-state index in [2.05, 4.69) is 23.6 Å². The van der Waals surface area contributed by atoms with Crippen molar-refractivity contribution < 1.29 is 45.4 Å². The zero-order chi connectivity index (χ0) is 41.7. The summed E-state index contributed by atoms with van der Waals surface area (Å²) >= 11 is 0. The van der Waals surface area contributed by atoms with E-state index < -0.39 is 48.3 Å². The summed E-state index contributed by atoms with van der Waals surface area (Å²) in [4.78, 5) is 42.8. The zero-order valence-corrected chi connectivity index (χ0v) is 34.4. The maximum atomic E-state index is 13.2. The number of carboxylic acid groups (broad SMARTS) is 1. The molecule has 15 heteroatoms. The molecule has 2 amide bonds. The summed E-state index contributed by atoms with van der Waals surface area (Å²) in [6.07, 6.45) is 8.02. The molecule has 13 nitrogen and oxygen atoms in total. The standard InChI is InChI=1S/C42H49N3O10S2/c1-40(2)32-26-29(57(53,54)55)18-20-34(32)43(22-10-6-7-16-37(46)47)36(40)15-11-21-42(5)41(3,4)33-25-28(17-19-35(33)45(42)23-12-24-56(50,51)52)27-44-38(48)30-13-8-9-14-31(30)39(44)49/h8-9,11,13-15,17-21,25-26H,6-7,10,12,16,22-24,27H2,1-5H3,(H,46,47)(H,50,51,52)(H,53,54,55)/b21-11+,36-15+. The predicted molar refractivity (Wildman–Crippen MR) is 217 cm³/mol. The minimum Gasteiger partial charge on any atom is -0.481 e. The van der Waals surface area contributed by atoms with Crippen LogP contribution in [0.3, 0.4) is 0 Å². The second kappa shape index (κ2) is 15.2. The Hall–Kier alpha value is -4.83. The fraction of sp³-hybridized carbons (Fsp3) is 0.405. The van der Waals surface area contributed by atoms with Gasteiger partial charge in [-0.2, -0.15) is 16.8 Å². The van der Waals surface area contributed by atoms with Crippen LogP contribution in [-0.2, 0) is 42.4 Å². The molecule has 3 aliphatic rings. The van der Waals surface area contributed by atoms with Crippen LogP contribution in [0.1, 0.15) is 104 Å². The molecule has 0 radical (unpaired) electrons. The number of anilines is 2. The van der Waals surface area contributed by atoms with E-state index >= 15 is 0 Å². The normalized spacial score (nSPS) is 20.5.